The molecule has 0 aromatic rings. The van der Waals surface area contributed by atoms with E-state index in [2.05, 4.69) is 18.2 Å². The van der Waals surface area contributed by atoms with Crippen LogP contribution >= 0.6 is 0 Å². The number of aliphatic imine (C=N–C) groups is 1. The quantitative estimate of drug-likeness (QED) is 0.394. The van der Waals surface area contributed by atoms with Crippen LogP contribution in [-0.4, -0.2) is 18.3 Å². The predicted octanol–water partition coefficient (Wildman–Crippen LogP) is 1.23. The lowest BCUT2D eigenvalue weighted by molar-refractivity contribution is 0.788. The first-order chi connectivity index (χ1) is 3.85. The lowest BCUT2D eigenvalue weighted by Crippen LogP contribution is -2.03. The average Bonchev–Trinajstić information content (AvgIpc) is 1.83. The van der Waals surface area contributed by atoms with E-state index in [0.29, 0.717) is 0 Å². The highest BCUT2D eigenvalue weighted by Gasteiger charge is 1.77. The lowest BCUT2D eigenvalue weighted by Gasteiger charge is -2.03. The Morgan fingerprint density at radius 2 is 1.88 bits per heavy atom. The summed E-state index contributed by atoms with van der Waals surface area (Å²) in [5.74, 6) is 0. The molecule has 0 bridgehead atoms. The molecule has 0 saturated carbocycles. The van der Waals surface area contributed by atoms with Gasteiger partial charge in [-0.3, -0.25) is 4.99 Å². The summed E-state index contributed by atoms with van der Waals surface area (Å²) < 4.78 is 0. The number of nitrogens with zero attached hydrogens (tertiary/aromatic N) is 2. The van der Waals surface area contributed by atoms with E-state index in [1.165, 1.54) is 0 Å². The maximum absolute atomic E-state index is 3.74. The molecule has 8 heavy (non-hydrogen) atoms. The molecule has 44 valence electrons. The first-order valence-corrected chi connectivity index (χ1v) is 2.30. The van der Waals surface area contributed by atoms with Crippen LogP contribution in [0.5, 0.6) is 0 Å². The van der Waals surface area contributed by atoms with Crippen LogP contribution in [0.3, 0.4) is 0 Å². The third kappa shape index (κ3) is 2.18. The zero-order valence-electron chi connectivity index (χ0n) is 5.04. The van der Waals surface area contributed by atoms with Crippen molar-refractivity contribution in [3.8, 4) is 0 Å². The largest absolute Gasteiger partial charge is 0.316 e. The summed E-state index contributed by atoms with van der Waals surface area (Å²) in [6.07, 6.45) is 4.88. The molecule has 0 unspecified atom stereocenters. The van der Waals surface area contributed by atoms with Crippen LogP contribution in [0, 0.1) is 0 Å². The standard InChI is InChI=1S/C6H10N2/c1-4-8(5-2)6-7-3/h4-6H,1-2H2,3H3. The Labute approximate surface area is 49.8 Å². The summed E-state index contributed by atoms with van der Waals surface area (Å²) >= 11 is 0. The van der Waals surface area contributed by atoms with Crippen molar-refractivity contribution in [2.45, 2.75) is 0 Å². The van der Waals surface area contributed by atoms with Gasteiger partial charge in [0.2, 0.25) is 0 Å². The molecule has 2 heteroatoms. The van der Waals surface area contributed by atoms with E-state index in [-0.39, 0.29) is 0 Å². The first kappa shape index (κ1) is 6.95. The fraction of sp³-hybridized carbons (Fsp3) is 0.167. The summed E-state index contributed by atoms with van der Waals surface area (Å²) in [4.78, 5) is 5.40. The van der Waals surface area contributed by atoms with Gasteiger partial charge in [-0.25, -0.2) is 0 Å². The molecule has 0 aromatic carbocycles. The Kier molecular flexibility index (Phi) is 3.58. The fourth-order valence-corrected chi connectivity index (χ4v) is 0.302. The molecule has 0 amide bonds. The molecule has 0 aromatic heterocycles. The summed E-state index contributed by atoms with van der Waals surface area (Å²) in [6, 6.07) is 0. The monoisotopic (exact) mass is 110 g/mol. The Hall–Kier alpha value is -1.05. The molecule has 0 aliphatic carbocycles. The van der Waals surface area contributed by atoms with Gasteiger partial charge in [-0.2, -0.15) is 0 Å². The van der Waals surface area contributed by atoms with Crippen molar-refractivity contribution in [2.24, 2.45) is 4.99 Å². The Morgan fingerprint density at radius 1 is 1.38 bits per heavy atom. The highest BCUT2D eigenvalue weighted by molar-refractivity contribution is 5.57. The van der Waals surface area contributed by atoms with Crippen LogP contribution < -0.4 is 0 Å². The van der Waals surface area contributed by atoms with Gasteiger partial charge in [0.1, 0.15) is 0 Å². The normalized spacial score (nSPS) is 9.12. The average molecular weight is 110 g/mol. The van der Waals surface area contributed by atoms with E-state index in [4.69, 9.17) is 0 Å². The molecule has 2 nitrogen and oxygen atoms in total. The minimum atomic E-state index is 1.62. The van der Waals surface area contributed by atoms with Crippen LogP contribution in [0.15, 0.2) is 30.6 Å². The van der Waals surface area contributed by atoms with Crippen molar-refractivity contribution < 1.29 is 0 Å². The molecule has 0 aliphatic heterocycles. The van der Waals surface area contributed by atoms with Gasteiger partial charge < -0.3 is 4.90 Å². The van der Waals surface area contributed by atoms with E-state index < -0.39 is 0 Å². The molecule has 0 spiro atoms. The van der Waals surface area contributed by atoms with Crippen molar-refractivity contribution in [1.29, 1.82) is 0 Å². The van der Waals surface area contributed by atoms with Gasteiger partial charge in [0.25, 0.3) is 0 Å². The van der Waals surface area contributed by atoms with Crippen molar-refractivity contribution in [1.82, 2.24) is 4.90 Å². The third-order valence-electron chi connectivity index (χ3n) is 0.670. The van der Waals surface area contributed by atoms with Gasteiger partial charge in [0.05, 0.1) is 6.34 Å². The van der Waals surface area contributed by atoms with Gasteiger partial charge in [0, 0.05) is 19.4 Å². The smallest absolute Gasteiger partial charge is 0.0926 e. The molecule has 0 rings (SSSR count). The second kappa shape index (κ2) is 4.12. The zero-order valence-corrected chi connectivity index (χ0v) is 5.04. The summed E-state index contributed by atoms with van der Waals surface area (Å²) in [7, 11) is 1.69. The Morgan fingerprint density at radius 3 is 2.00 bits per heavy atom. The first-order valence-electron chi connectivity index (χ1n) is 2.30. The zero-order chi connectivity index (χ0) is 6.41. The van der Waals surface area contributed by atoms with Crippen LogP contribution in [0.4, 0.5) is 0 Å². The van der Waals surface area contributed by atoms with Gasteiger partial charge in [-0.05, 0) is 0 Å². The predicted molar refractivity (Wildman–Crippen MR) is 36.6 cm³/mol. The number of hydrogen-bond acceptors (Lipinski definition) is 1. The van der Waals surface area contributed by atoms with E-state index in [0.717, 1.165) is 0 Å². The Balaban J connectivity index is 3.69. The molecule has 0 saturated heterocycles. The fourth-order valence-electron chi connectivity index (χ4n) is 0.302. The van der Waals surface area contributed by atoms with Gasteiger partial charge in [0.15, 0.2) is 0 Å². The van der Waals surface area contributed by atoms with Crippen LogP contribution in [0.25, 0.3) is 0 Å². The molecule has 0 atom stereocenters. The molecule has 0 radical (unpaired) electrons. The molecule has 0 aliphatic rings. The summed E-state index contributed by atoms with van der Waals surface area (Å²) in [5, 5.41) is 0. The summed E-state index contributed by atoms with van der Waals surface area (Å²) in [6.45, 7) is 7.03. The second-order valence-electron chi connectivity index (χ2n) is 1.19. The molecule has 0 fully saturated rings. The SMILES string of the molecule is C=CN(C=C)C=NC. The second-order valence-corrected chi connectivity index (χ2v) is 1.19. The van der Waals surface area contributed by atoms with Gasteiger partial charge in [-0.15, -0.1) is 0 Å². The van der Waals surface area contributed by atoms with Gasteiger partial charge in [-0.1, -0.05) is 13.2 Å². The topological polar surface area (TPSA) is 15.6 Å². The van der Waals surface area contributed by atoms with E-state index in [1.807, 2.05) is 0 Å². The maximum atomic E-state index is 3.74. The summed E-state index contributed by atoms with van der Waals surface area (Å²) in [5.41, 5.74) is 0. The number of hydrogen-bond donors (Lipinski definition) is 0. The number of rotatable bonds is 3. The van der Waals surface area contributed by atoms with Crippen molar-refractivity contribution in [3.63, 3.8) is 0 Å². The highest BCUT2D eigenvalue weighted by Crippen LogP contribution is 1.80. The maximum Gasteiger partial charge on any atom is 0.0926 e. The van der Waals surface area contributed by atoms with Crippen molar-refractivity contribution in [2.75, 3.05) is 7.05 Å². The Bertz CT molecular complexity index is 97.1. The van der Waals surface area contributed by atoms with E-state index in [9.17, 15) is 0 Å². The molecule has 0 N–H and O–H groups in total. The van der Waals surface area contributed by atoms with Crippen LogP contribution in [-0.2, 0) is 0 Å². The van der Waals surface area contributed by atoms with Crippen LogP contribution in [0.2, 0.25) is 0 Å². The minimum absolute atomic E-state index is 1.62. The van der Waals surface area contributed by atoms with Crippen molar-refractivity contribution in [3.05, 3.63) is 25.6 Å². The molecular weight excluding hydrogens is 100 g/mol. The van der Waals surface area contributed by atoms with Crippen LogP contribution in [0.1, 0.15) is 0 Å². The molecular formula is C6H10N2. The third-order valence-corrected chi connectivity index (χ3v) is 0.670. The lowest BCUT2D eigenvalue weighted by atomic mass is 10.8. The highest BCUT2D eigenvalue weighted by atomic mass is 15.1. The van der Waals surface area contributed by atoms with Crippen molar-refractivity contribution >= 4 is 6.34 Å². The minimum Gasteiger partial charge on any atom is -0.316 e. The van der Waals surface area contributed by atoms with Gasteiger partial charge >= 0.3 is 0 Å². The van der Waals surface area contributed by atoms with E-state index in [1.54, 1.807) is 30.7 Å². The van der Waals surface area contributed by atoms with E-state index >= 15 is 0 Å². The molecule has 0 heterocycles.